The number of fused-ring (bicyclic) bond motifs is 1. The van der Waals surface area contributed by atoms with E-state index in [1.54, 1.807) is 11.1 Å². The quantitative estimate of drug-likeness (QED) is 0.823. The molecular weight excluding hydrogens is 228 g/mol. The number of amides is 1. The molecule has 4 nitrogen and oxygen atoms in total. The van der Waals surface area contributed by atoms with Crippen molar-refractivity contribution in [2.75, 3.05) is 13.1 Å². The van der Waals surface area contributed by atoms with Crippen molar-refractivity contribution in [2.24, 2.45) is 0 Å². The standard InChI is InChI=1S/C14H14N2O2/c17-10-6-8-16(9-10)14(18)12-3-1-5-13-11(12)4-2-7-15-13/h1-5,7,10,17H,6,8-9H2/t10-/m1/s1. The van der Waals surface area contributed by atoms with Crippen molar-refractivity contribution in [3.8, 4) is 0 Å². The number of aliphatic hydroxyl groups is 1. The molecule has 1 saturated heterocycles. The van der Waals surface area contributed by atoms with E-state index in [4.69, 9.17) is 0 Å². The molecule has 0 spiro atoms. The molecule has 0 unspecified atom stereocenters. The molecule has 1 N–H and O–H groups in total. The van der Waals surface area contributed by atoms with Gasteiger partial charge in [-0.05, 0) is 24.6 Å². The van der Waals surface area contributed by atoms with Crippen LogP contribution >= 0.6 is 0 Å². The predicted molar refractivity (Wildman–Crippen MR) is 68.3 cm³/mol. The van der Waals surface area contributed by atoms with Crippen molar-refractivity contribution in [1.82, 2.24) is 9.88 Å². The molecule has 1 aromatic carbocycles. The molecule has 1 atom stereocenters. The molecule has 1 aliphatic heterocycles. The first-order valence-corrected chi connectivity index (χ1v) is 6.07. The van der Waals surface area contributed by atoms with Gasteiger partial charge in [0.15, 0.2) is 0 Å². The molecule has 0 aliphatic carbocycles. The number of β-amino-alcohol motifs (C(OH)–C–C–N with tert-alkyl or cyclic N) is 1. The van der Waals surface area contributed by atoms with Crippen LogP contribution in [0.15, 0.2) is 36.5 Å². The molecule has 2 aromatic rings. The Bertz CT molecular complexity index is 592. The largest absolute Gasteiger partial charge is 0.391 e. The minimum absolute atomic E-state index is 0.0230. The van der Waals surface area contributed by atoms with Crippen LogP contribution in [0.2, 0.25) is 0 Å². The average molecular weight is 242 g/mol. The van der Waals surface area contributed by atoms with E-state index in [9.17, 15) is 9.90 Å². The zero-order valence-electron chi connectivity index (χ0n) is 9.91. The predicted octanol–water partition coefficient (Wildman–Crippen LogP) is 1.44. The van der Waals surface area contributed by atoms with Gasteiger partial charge in [-0.2, -0.15) is 0 Å². The highest BCUT2D eigenvalue weighted by molar-refractivity contribution is 6.06. The first-order valence-electron chi connectivity index (χ1n) is 6.07. The van der Waals surface area contributed by atoms with Crippen LogP contribution in [0.25, 0.3) is 10.9 Å². The lowest BCUT2D eigenvalue weighted by Crippen LogP contribution is -2.29. The fraction of sp³-hybridized carbons (Fsp3) is 0.286. The number of aliphatic hydroxyl groups excluding tert-OH is 1. The van der Waals surface area contributed by atoms with Gasteiger partial charge in [0.25, 0.3) is 5.91 Å². The Balaban J connectivity index is 2.01. The number of carbonyl (C=O) groups excluding carboxylic acids is 1. The van der Waals surface area contributed by atoms with E-state index in [0.717, 1.165) is 10.9 Å². The van der Waals surface area contributed by atoms with Gasteiger partial charge in [-0.3, -0.25) is 9.78 Å². The Kier molecular flexibility index (Phi) is 2.72. The second-order valence-corrected chi connectivity index (χ2v) is 4.57. The third-order valence-corrected chi connectivity index (χ3v) is 3.33. The van der Waals surface area contributed by atoms with Gasteiger partial charge in [0.2, 0.25) is 0 Å². The average Bonchev–Trinajstić information content (AvgIpc) is 2.84. The Hall–Kier alpha value is -1.94. The molecular formula is C14H14N2O2. The molecule has 1 aliphatic rings. The van der Waals surface area contributed by atoms with Gasteiger partial charge in [0.1, 0.15) is 0 Å². The van der Waals surface area contributed by atoms with E-state index in [1.165, 1.54) is 0 Å². The zero-order chi connectivity index (χ0) is 12.5. The SMILES string of the molecule is O=C(c1cccc2ncccc12)N1CC[C@@H](O)C1. The number of carbonyl (C=O) groups is 1. The first-order chi connectivity index (χ1) is 8.75. The number of hydrogen-bond acceptors (Lipinski definition) is 3. The van der Waals surface area contributed by atoms with Crippen molar-refractivity contribution in [2.45, 2.75) is 12.5 Å². The highest BCUT2D eigenvalue weighted by atomic mass is 16.3. The lowest BCUT2D eigenvalue weighted by molar-refractivity contribution is 0.0767. The lowest BCUT2D eigenvalue weighted by Gasteiger charge is -2.16. The maximum atomic E-state index is 12.4. The molecule has 4 heteroatoms. The van der Waals surface area contributed by atoms with E-state index in [0.29, 0.717) is 25.1 Å². The first kappa shape index (κ1) is 11.2. The topological polar surface area (TPSA) is 53.4 Å². The highest BCUT2D eigenvalue weighted by Crippen LogP contribution is 2.20. The van der Waals surface area contributed by atoms with Gasteiger partial charge < -0.3 is 10.0 Å². The van der Waals surface area contributed by atoms with Gasteiger partial charge in [0.05, 0.1) is 11.6 Å². The third kappa shape index (κ3) is 1.84. The normalized spacial score (nSPS) is 19.4. The summed E-state index contributed by atoms with van der Waals surface area (Å²) < 4.78 is 0. The van der Waals surface area contributed by atoms with Crippen molar-refractivity contribution in [3.63, 3.8) is 0 Å². The number of benzene rings is 1. The number of aromatic nitrogens is 1. The summed E-state index contributed by atoms with van der Waals surface area (Å²) in [5.41, 5.74) is 1.48. The molecule has 2 heterocycles. The second kappa shape index (κ2) is 4.38. The molecule has 18 heavy (non-hydrogen) atoms. The van der Waals surface area contributed by atoms with Gasteiger partial charge in [-0.1, -0.05) is 12.1 Å². The van der Waals surface area contributed by atoms with Crippen molar-refractivity contribution in [3.05, 3.63) is 42.1 Å². The minimum Gasteiger partial charge on any atom is -0.391 e. The summed E-state index contributed by atoms with van der Waals surface area (Å²) in [4.78, 5) is 18.3. The van der Waals surface area contributed by atoms with Crippen LogP contribution in [0.3, 0.4) is 0 Å². The van der Waals surface area contributed by atoms with E-state index in [2.05, 4.69) is 4.98 Å². The summed E-state index contributed by atoms with van der Waals surface area (Å²) in [7, 11) is 0. The summed E-state index contributed by atoms with van der Waals surface area (Å²) in [6.45, 7) is 1.05. The molecule has 1 fully saturated rings. The smallest absolute Gasteiger partial charge is 0.254 e. The molecule has 1 aromatic heterocycles. The number of likely N-dealkylation sites (tertiary alicyclic amines) is 1. The Morgan fingerprint density at radius 3 is 3.00 bits per heavy atom. The summed E-state index contributed by atoms with van der Waals surface area (Å²) in [6.07, 6.45) is 1.99. The summed E-state index contributed by atoms with van der Waals surface area (Å²) in [6, 6.07) is 9.29. The van der Waals surface area contributed by atoms with Crippen LogP contribution < -0.4 is 0 Å². The van der Waals surface area contributed by atoms with Gasteiger partial charge in [-0.25, -0.2) is 0 Å². The van der Waals surface area contributed by atoms with Crippen LogP contribution in [0.5, 0.6) is 0 Å². The number of nitrogens with zero attached hydrogens (tertiary/aromatic N) is 2. The summed E-state index contributed by atoms with van der Waals surface area (Å²) in [5, 5.41) is 10.4. The van der Waals surface area contributed by atoms with Crippen LogP contribution in [0.4, 0.5) is 0 Å². The highest BCUT2D eigenvalue weighted by Gasteiger charge is 2.26. The zero-order valence-corrected chi connectivity index (χ0v) is 9.91. The van der Waals surface area contributed by atoms with E-state index >= 15 is 0 Å². The maximum absolute atomic E-state index is 12.4. The Morgan fingerprint density at radius 1 is 1.33 bits per heavy atom. The van der Waals surface area contributed by atoms with Gasteiger partial charge in [-0.15, -0.1) is 0 Å². The fourth-order valence-corrected chi connectivity index (χ4v) is 2.39. The van der Waals surface area contributed by atoms with E-state index < -0.39 is 0 Å². The molecule has 1 amide bonds. The molecule has 3 rings (SSSR count). The Morgan fingerprint density at radius 2 is 2.22 bits per heavy atom. The number of hydrogen-bond donors (Lipinski definition) is 1. The van der Waals surface area contributed by atoms with Crippen LogP contribution in [0.1, 0.15) is 16.8 Å². The minimum atomic E-state index is -0.387. The lowest BCUT2D eigenvalue weighted by atomic mass is 10.1. The molecule has 0 saturated carbocycles. The second-order valence-electron chi connectivity index (χ2n) is 4.57. The van der Waals surface area contributed by atoms with Crippen molar-refractivity contribution in [1.29, 1.82) is 0 Å². The molecule has 0 radical (unpaired) electrons. The van der Waals surface area contributed by atoms with Crippen LogP contribution in [-0.2, 0) is 0 Å². The molecule has 92 valence electrons. The monoisotopic (exact) mass is 242 g/mol. The van der Waals surface area contributed by atoms with Crippen molar-refractivity contribution < 1.29 is 9.90 Å². The fourth-order valence-electron chi connectivity index (χ4n) is 2.39. The van der Waals surface area contributed by atoms with E-state index in [1.807, 2.05) is 30.3 Å². The van der Waals surface area contributed by atoms with Crippen molar-refractivity contribution >= 4 is 16.8 Å². The van der Waals surface area contributed by atoms with E-state index in [-0.39, 0.29) is 12.0 Å². The van der Waals surface area contributed by atoms with Crippen LogP contribution in [0, 0.1) is 0 Å². The van der Waals surface area contributed by atoms with Gasteiger partial charge in [0, 0.05) is 30.2 Å². The summed E-state index contributed by atoms with van der Waals surface area (Å²) >= 11 is 0. The maximum Gasteiger partial charge on any atom is 0.254 e. The van der Waals surface area contributed by atoms with Gasteiger partial charge >= 0.3 is 0 Å². The Labute approximate surface area is 105 Å². The third-order valence-electron chi connectivity index (χ3n) is 3.33. The molecule has 0 bridgehead atoms. The van der Waals surface area contributed by atoms with Crippen LogP contribution in [-0.4, -0.2) is 40.1 Å². The number of rotatable bonds is 1. The summed E-state index contributed by atoms with van der Waals surface area (Å²) in [5.74, 6) is -0.0230. The number of pyridine rings is 1.